The van der Waals surface area contributed by atoms with Crippen molar-refractivity contribution < 1.29 is 0 Å². The summed E-state index contributed by atoms with van der Waals surface area (Å²) in [5.74, 6) is 0. The molecule has 1 aromatic heterocycles. The second kappa shape index (κ2) is 8.11. The Balaban J connectivity index is 1.62. The van der Waals surface area contributed by atoms with E-state index >= 15 is 0 Å². The van der Waals surface area contributed by atoms with Gasteiger partial charge in [-0.1, -0.05) is 78.9 Å². The number of hydrogen-bond donors (Lipinski definition) is 0. The van der Waals surface area contributed by atoms with Gasteiger partial charge in [-0.25, -0.2) is 0 Å². The first-order valence-corrected chi connectivity index (χ1v) is 10.6. The zero-order chi connectivity index (χ0) is 21.2. The minimum absolute atomic E-state index is 0.747. The molecule has 1 aliphatic rings. The van der Waals surface area contributed by atoms with E-state index in [1.54, 1.807) is 0 Å². The first-order chi connectivity index (χ1) is 15.2. The van der Waals surface area contributed by atoms with Crippen LogP contribution in [-0.4, -0.2) is 11.7 Å². The third kappa shape index (κ3) is 3.59. The van der Waals surface area contributed by atoms with Crippen LogP contribution in [0.4, 0.5) is 11.4 Å². The molecule has 0 fully saturated rings. The van der Waals surface area contributed by atoms with Crippen molar-refractivity contribution in [1.29, 1.82) is 0 Å². The number of anilines is 2. The van der Waals surface area contributed by atoms with Crippen LogP contribution in [-0.2, 0) is 0 Å². The molecule has 0 bridgehead atoms. The molecule has 3 heteroatoms. The van der Waals surface area contributed by atoms with Crippen molar-refractivity contribution in [3.63, 3.8) is 0 Å². The minimum Gasteiger partial charge on any atom is -0.327 e. The number of para-hydroxylation sites is 1. The number of aryl methyl sites for hydroxylation is 2. The van der Waals surface area contributed by atoms with Crippen LogP contribution in [0.25, 0.3) is 22.3 Å². The molecule has 0 aliphatic carbocycles. The van der Waals surface area contributed by atoms with Crippen molar-refractivity contribution in [2.45, 2.75) is 13.8 Å². The molecule has 0 amide bonds. The van der Waals surface area contributed by atoms with Crippen molar-refractivity contribution in [2.24, 2.45) is 0 Å². The fourth-order valence-corrected chi connectivity index (χ4v) is 4.38. The summed E-state index contributed by atoms with van der Waals surface area (Å²) in [4.78, 5) is 9.15. The maximum absolute atomic E-state index is 4.52. The van der Waals surface area contributed by atoms with Gasteiger partial charge < -0.3 is 9.80 Å². The average Bonchev–Trinajstić information content (AvgIpc) is 3.29. The zero-order valence-electron chi connectivity index (χ0n) is 17.9. The van der Waals surface area contributed by atoms with E-state index in [-0.39, 0.29) is 0 Å². The quantitative estimate of drug-likeness (QED) is 0.374. The molecule has 1 aliphatic heterocycles. The number of nitrogens with zero attached hydrogens (tertiary/aromatic N) is 3. The van der Waals surface area contributed by atoms with Gasteiger partial charge in [0.15, 0.2) is 0 Å². The van der Waals surface area contributed by atoms with Crippen molar-refractivity contribution >= 4 is 11.4 Å². The molecule has 2 heterocycles. The van der Waals surface area contributed by atoms with Gasteiger partial charge in [0.2, 0.25) is 0 Å². The Labute approximate surface area is 183 Å². The van der Waals surface area contributed by atoms with Gasteiger partial charge in [0.05, 0.1) is 23.7 Å². The van der Waals surface area contributed by atoms with Crippen LogP contribution in [0.1, 0.15) is 11.3 Å². The summed E-state index contributed by atoms with van der Waals surface area (Å²) in [6.45, 7) is 4.97. The summed E-state index contributed by atoms with van der Waals surface area (Å²) in [5.41, 5.74) is 9.58. The molecule has 0 saturated carbocycles. The molecule has 31 heavy (non-hydrogen) atoms. The van der Waals surface area contributed by atoms with Crippen molar-refractivity contribution in [3.8, 4) is 22.3 Å². The highest BCUT2D eigenvalue weighted by atomic mass is 15.3. The van der Waals surface area contributed by atoms with Crippen LogP contribution in [0.2, 0.25) is 0 Å². The summed E-state index contributed by atoms with van der Waals surface area (Å²) >= 11 is 0. The van der Waals surface area contributed by atoms with Crippen molar-refractivity contribution in [3.05, 3.63) is 115 Å². The van der Waals surface area contributed by atoms with Gasteiger partial charge >= 0.3 is 0 Å². The van der Waals surface area contributed by atoms with Gasteiger partial charge in [-0.3, -0.25) is 4.98 Å². The zero-order valence-corrected chi connectivity index (χ0v) is 17.9. The Morgan fingerprint density at radius 3 is 1.71 bits per heavy atom. The van der Waals surface area contributed by atoms with Crippen molar-refractivity contribution in [1.82, 2.24) is 4.98 Å². The standard InChI is InChI=1S/C28H25N3/c1-21-16-17-29-22(2)27(21)30-18-19-31(20-30)28-25(23-10-5-3-6-11-23)14-9-15-26(28)24-12-7-4-8-13-24/h3-19H,20H2,1-2H3. The van der Waals surface area contributed by atoms with E-state index in [1.165, 1.54) is 39.2 Å². The van der Waals surface area contributed by atoms with Gasteiger partial charge in [-0.15, -0.1) is 0 Å². The Bertz CT molecular complexity index is 1150. The topological polar surface area (TPSA) is 19.4 Å². The highest BCUT2D eigenvalue weighted by molar-refractivity contribution is 5.92. The molecule has 4 aromatic rings. The maximum Gasteiger partial charge on any atom is 0.0990 e. The predicted octanol–water partition coefficient (Wildman–Crippen LogP) is 6.79. The van der Waals surface area contributed by atoms with E-state index < -0.39 is 0 Å². The predicted molar refractivity (Wildman–Crippen MR) is 130 cm³/mol. The molecule has 3 aromatic carbocycles. The normalized spacial score (nSPS) is 13.1. The van der Waals surface area contributed by atoms with Crippen LogP contribution < -0.4 is 9.80 Å². The maximum atomic E-state index is 4.52. The Morgan fingerprint density at radius 2 is 1.16 bits per heavy atom. The minimum atomic E-state index is 0.747. The van der Waals surface area contributed by atoms with E-state index in [0.29, 0.717) is 0 Å². The lowest BCUT2D eigenvalue weighted by Crippen LogP contribution is -2.26. The molecule has 0 atom stereocenters. The fourth-order valence-electron chi connectivity index (χ4n) is 4.38. The van der Waals surface area contributed by atoms with Gasteiger partial charge in [-0.2, -0.15) is 0 Å². The molecule has 5 rings (SSSR count). The van der Waals surface area contributed by atoms with Gasteiger partial charge in [-0.05, 0) is 36.6 Å². The molecule has 0 saturated heterocycles. The molecule has 0 spiro atoms. The first kappa shape index (κ1) is 19.1. The Morgan fingerprint density at radius 1 is 0.613 bits per heavy atom. The van der Waals surface area contributed by atoms with E-state index in [4.69, 9.17) is 0 Å². The van der Waals surface area contributed by atoms with E-state index in [9.17, 15) is 0 Å². The van der Waals surface area contributed by atoms with Gasteiger partial charge in [0, 0.05) is 29.7 Å². The summed E-state index contributed by atoms with van der Waals surface area (Å²) in [6, 6.07) is 29.9. The molecule has 0 N–H and O–H groups in total. The highest BCUT2D eigenvalue weighted by Gasteiger charge is 2.23. The van der Waals surface area contributed by atoms with Crippen LogP contribution in [0.15, 0.2) is 104 Å². The first-order valence-electron chi connectivity index (χ1n) is 10.6. The average molecular weight is 404 g/mol. The number of hydrogen-bond acceptors (Lipinski definition) is 3. The van der Waals surface area contributed by atoms with E-state index in [1.807, 2.05) is 6.20 Å². The molecular formula is C28H25N3. The van der Waals surface area contributed by atoms with Gasteiger partial charge in [0.1, 0.15) is 0 Å². The lowest BCUT2D eigenvalue weighted by molar-refractivity contribution is 0.955. The second-order valence-corrected chi connectivity index (χ2v) is 7.87. The summed E-state index contributed by atoms with van der Waals surface area (Å²) in [5, 5.41) is 0. The van der Waals surface area contributed by atoms with Crippen LogP contribution in [0, 0.1) is 13.8 Å². The number of pyridine rings is 1. The lowest BCUT2D eigenvalue weighted by atomic mass is 9.95. The summed E-state index contributed by atoms with van der Waals surface area (Å²) in [7, 11) is 0. The largest absolute Gasteiger partial charge is 0.327 e. The third-order valence-electron chi connectivity index (χ3n) is 5.82. The third-order valence-corrected chi connectivity index (χ3v) is 5.82. The molecule has 152 valence electrons. The van der Waals surface area contributed by atoms with E-state index in [2.05, 4.69) is 126 Å². The Kier molecular flexibility index (Phi) is 5.01. The number of benzene rings is 3. The van der Waals surface area contributed by atoms with Gasteiger partial charge in [0.25, 0.3) is 0 Å². The number of rotatable bonds is 4. The van der Waals surface area contributed by atoms with Crippen molar-refractivity contribution in [2.75, 3.05) is 16.5 Å². The molecular weight excluding hydrogens is 378 g/mol. The second-order valence-electron chi connectivity index (χ2n) is 7.87. The van der Waals surface area contributed by atoms with Crippen LogP contribution in [0.3, 0.4) is 0 Å². The van der Waals surface area contributed by atoms with Crippen LogP contribution >= 0.6 is 0 Å². The lowest BCUT2D eigenvalue weighted by Gasteiger charge is -2.27. The SMILES string of the molecule is Cc1ccnc(C)c1N1C=CN(c2c(-c3ccccc3)cccc2-c2ccccc2)C1. The van der Waals surface area contributed by atoms with Crippen LogP contribution in [0.5, 0.6) is 0 Å². The smallest absolute Gasteiger partial charge is 0.0990 e. The van der Waals surface area contributed by atoms with E-state index in [0.717, 1.165) is 12.4 Å². The summed E-state index contributed by atoms with van der Waals surface area (Å²) < 4.78 is 0. The Hall–Kier alpha value is -3.85. The summed E-state index contributed by atoms with van der Waals surface area (Å²) in [6.07, 6.45) is 6.22. The molecule has 0 radical (unpaired) electrons. The number of aromatic nitrogens is 1. The molecule has 3 nitrogen and oxygen atoms in total. The fraction of sp³-hybridized carbons (Fsp3) is 0.107. The molecule has 0 unspecified atom stereocenters. The highest BCUT2D eigenvalue weighted by Crippen LogP contribution is 2.41. The monoisotopic (exact) mass is 403 g/mol.